The number of aliphatic hydroxyl groups is 4. The van der Waals surface area contributed by atoms with Crippen molar-refractivity contribution in [1.29, 1.82) is 0 Å². The molecule has 6 fully saturated rings. The number of carbonyl (C=O) groups is 1. The Morgan fingerprint density at radius 2 is 1.75 bits per heavy atom. The van der Waals surface area contributed by atoms with E-state index in [2.05, 4.69) is 26.5 Å². The third-order valence-electron chi connectivity index (χ3n) is 14.0. The molecule has 0 aliphatic carbocycles. The predicted molar refractivity (Wildman–Crippen MR) is 208 cm³/mol. The minimum absolute atomic E-state index is 0.0423. The van der Waals surface area contributed by atoms with Crippen LogP contribution in [0.2, 0.25) is 0 Å². The highest BCUT2D eigenvalue weighted by molar-refractivity contribution is 5.76. The maximum Gasteiger partial charge on any atom is 0.335 e. The van der Waals surface area contributed by atoms with Gasteiger partial charge in [-0.25, -0.2) is 4.79 Å². The van der Waals surface area contributed by atoms with Crippen LogP contribution >= 0.6 is 0 Å². The van der Waals surface area contributed by atoms with Gasteiger partial charge in [0.25, 0.3) is 0 Å². The van der Waals surface area contributed by atoms with Crippen molar-refractivity contribution in [3.63, 3.8) is 0 Å². The average molecular weight is 805 g/mol. The summed E-state index contributed by atoms with van der Waals surface area (Å²) in [6.45, 7) is 14.5. The second-order valence-electron chi connectivity index (χ2n) is 18.9. The Bertz CT molecular complexity index is 1510. The highest BCUT2D eigenvalue weighted by atomic mass is 16.7. The van der Waals surface area contributed by atoms with Gasteiger partial charge in [0.2, 0.25) is 5.79 Å². The molecule has 7 aliphatic rings. The van der Waals surface area contributed by atoms with Gasteiger partial charge >= 0.3 is 5.97 Å². The summed E-state index contributed by atoms with van der Waals surface area (Å²) in [5, 5.41) is 54.0. The van der Waals surface area contributed by atoms with Crippen molar-refractivity contribution in [3.8, 4) is 0 Å². The van der Waals surface area contributed by atoms with E-state index in [4.69, 9.17) is 33.2 Å². The van der Waals surface area contributed by atoms with Gasteiger partial charge in [-0.1, -0.05) is 45.1 Å². The molecule has 17 atom stereocenters. The minimum atomic E-state index is -1.96. The third-order valence-corrected chi connectivity index (χ3v) is 14.0. The fraction of sp³-hybridized carbons (Fsp3) is 0.841. The van der Waals surface area contributed by atoms with E-state index in [-0.39, 0.29) is 36.6 Å². The van der Waals surface area contributed by atoms with Crippen molar-refractivity contribution in [2.45, 2.75) is 209 Å². The van der Waals surface area contributed by atoms with Gasteiger partial charge in [-0.2, -0.15) is 0 Å². The zero-order valence-electron chi connectivity index (χ0n) is 34.6. The van der Waals surface area contributed by atoms with Crippen LogP contribution in [-0.2, 0) is 38.0 Å². The molecular weight excluding hydrogens is 736 g/mol. The van der Waals surface area contributed by atoms with Crippen molar-refractivity contribution in [2.24, 2.45) is 17.8 Å². The summed E-state index contributed by atoms with van der Waals surface area (Å²) in [5.41, 5.74) is -0.551. The van der Waals surface area contributed by atoms with Gasteiger partial charge in [0.05, 0.1) is 43.2 Å². The van der Waals surface area contributed by atoms with Crippen LogP contribution in [0.4, 0.5) is 0 Å². The molecule has 7 heterocycles. The Hall–Kier alpha value is -1.75. The van der Waals surface area contributed by atoms with Crippen LogP contribution in [0.5, 0.6) is 0 Å². The van der Waals surface area contributed by atoms with Crippen LogP contribution < -0.4 is 0 Å². The summed E-state index contributed by atoms with van der Waals surface area (Å²) in [7, 11) is 0. The lowest BCUT2D eigenvalue weighted by atomic mass is 9.79. The number of carboxylic acid groups (broad SMARTS) is 1. The molecular formula is C44H68O13. The van der Waals surface area contributed by atoms with Crippen LogP contribution in [0, 0.1) is 17.8 Å². The normalized spacial score (nSPS) is 45.4. The molecule has 5 N–H and O–H groups in total. The average Bonchev–Trinajstić information content (AvgIpc) is 3.56. The first-order chi connectivity index (χ1) is 26.9. The van der Waals surface area contributed by atoms with Crippen molar-refractivity contribution in [2.75, 3.05) is 6.61 Å². The van der Waals surface area contributed by atoms with Gasteiger partial charge in [0.1, 0.15) is 24.4 Å². The van der Waals surface area contributed by atoms with Crippen LogP contribution in [0.15, 0.2) is 36.0 Å². The number of hydrogen-bond donors (Lipinski definition) is 5. The molecule has 13 nitrogen and oxygen atoms in total. The number of aliphatic carboxylic acids is 1. The zero-order valence-corrected chi connectivity index (χ0v) is 34.6. The Morgan fingerprint density at radius 1 is 1.00 bits per heavy atom. The number of aliphatic hydroxyl groups excluding tert-OH is 3. The van der Waals surface area contributed by atoms with Gasteiger partial charge in [-0.05, 0) is 95.1 Å². The Balaban J connectivity index is 0.920. The van der Waals surface area contributed by atoms with E-state index in [0.717, 1.165) is 50.7 Å². The first-order valence-corrected chi connectivity index (χ1v) is 21.7. The van der Waals surface area contributed by atoms with Crippen molar-refractivity contribution in [3.05, 3.63) is 36.0 Å². The smallest absolute Gasteiger partial charge is 0.335 e. The SMILES string of the molecule is C=C1[C@@H](O)[C@@H]2O[C@@]3(CC[C@H](C=C[C@@H](C)[C@H]4CC(C)=C[C@@]5(O[C@H](C[C@@](C)(O)C(=O)O)CC[C@H]5O)O4)O3)CC[C@H]2O[C@@H]1[C@@H](O)C[C@H](C)[C@H]1O[C@@]2(CCCCO2)CC[C@H]1C. The fourth-order valence-corrected chi connectivity index (χ4v) is 10.5. The lowest BCUT2D eigenvalue weighted by Gasteiger charge is -2.50. The standard InChI is InChI=1S/C44H68O13/c1-25-21-34(55-44(23-25)35(46)12-11-31(54-44)24-41(6,50)40(48)49)26(2)9-10-30-14-18-43(53-30)19-15-33-39(57-43)36(47)29(5)38(52-33)32(45)22-28(4)37-27(3)13-17-42(56-37)16-7-8-20-51-42/h9-10,23,26-28,30-39,45-47,50H,5,7-8,11-22,24H2,1-4,6H3,(H,48,49)/t26-,27-,28+,30+,31+,32+,33-,34-,35-,36-,37+,38+,39-,41-,42+,43+,44-/m1/s1. The molecule has 322 valence electrons. The second kappa shape index (κ2) is 17.0. The van der Waals surface area contributed by atoms with Gasteiger partial charge in [-0.15, -0.1) is 0 Å². The van der Waals surface area contributed by atoms with E-state index in [0.29, 0.717) is 56.4 Å². The summed E-state index contributed by atoms with van der Waals surface area (Å²) in [6, 6.07) is 0. The van der Waals surface area contributed by atoms with Crippen LogP contribution in [-0.4, -0.2) is 122 Å². The van der Waals surface area contributed by atoms with Crippen molar-refractivity contribution < 1.29 is 63.5 Å². The fourth-order valence-electron chi connectivity index (χ4n) is 10.5. The largest absolute Gasteiger partial charge is 0.479 e. The topological polar surface area (TPSA) is 183 Å². The molecule has 13 heteroatoms. The molecule has 0 bridgehead atoms. The van der Waals surface area contributed by atoms with E-state index < -0.39 is 71.7 Å². The third kappa shape index (κ3) is 9.15. The molecule has 0 radical (unpaired) electrons. The van der Waals surface area contributed by atoms with E-state index in [1.807, 2.05) is 19.9 Å². The highest BCUT2D eigenvalue weighted by Crippen LogP contribution is 2.47. The lowest BCUT2D eigenvalue weighted by molar-refractivity contribution is -0.321. The first kappa shape index (κ1) is 43.3. The molecule has 57 heavy (non-hydrogen) atoms. The molecule has 0 amide bonds. The van der Waals surface area contributed by atoms with E-state index in [9.17, 15) is 30.3 Å². The monoisotopic (exact) mass is 804 g/mol. The molecule has 0 aromatic carbocycles. The molecule has 0 aromatic heterocycles. The van der Waals surface area contributed by atoms with Gasteiger partial charge < -0.3 is 58.7 Å². The molecule has 6 saturated heterocycles. The van der Waals surface area contributed by atoms with Gasteiger partial charge in [0, 0.05) is 38.0 Å². The molecule has 7 rings (SSSR count). The molecule has 0 unspecified atom stereocenters. The summed E-state index contributed by atoms with van der Waals surface area (Å²) in [5.74, 6) is -3.82. The molecule has 7 aliphatic heterocycles. The van der Waals surface area contributed by atoms with Crippen molar-refractivity contribution in [1.82, 2.24) is 0 Å². The summed E-state index contributed by atoms with van der Waals surface area (Å²) < 4.78 is 45.2. The van der Waals surface area contributed by atoms with Crippen molar-refractivity contribution >= 4 is 5.97 Å². The molecule has 0 aromatic rings. The maximum atomic E-state index is 11.6. The zero-order chi connectivity index (χ0) is 40.9. The number of rotatable bonds is 10. The molecule has 0 saturated carbocycles. The molecule has 3 spiro atoms. The Labute approximate surface area is 337 Å². The number of ether oxygens (including phenoxy) is 7. The second-order valence-corrected chi connectivity index (χ2v) is 18.9. The number of hydrogen-bond acceptors (Lipinski definition) is 12. The highest BCUT2D eigenvalue weighted by Gasteiger charge is 2.55. The van der Waals surface area contributed by atoms with E-state index in [1.54, 1.807) is 6.08 Å². The van der Waals surface area contributed by atoms with Gasteiger partial charge in [-0.3, -0.25) is 0 Å². The maximum absolute atomic E-state index is 11.6. The first-order valence-electron chi connectivity index (χ1n) is 21.7. The summed E-state index contributed by atoms with van der Waals surface area (Å²) in [6.07, 6.45) is 9.37. The number of fused-ring (bicyclic) bond motifs is 1. The Kier molecular flexibility index (Phi) is 12.9. The van der Waals surface area contributed by atoms with Crippen LogP contribution in [0.25, 0.3) is 0 Å². The van der Waals surface area contributed by atoms with E-state index in [1.165, 1.54) is 6.92 Å². The Morgan fingerprint density at radius 3 is 2.49 bits per heavy atom. The van der Waals surface area contributed by atoms with Gasteiger partial charge in [0.15, 0.2) is 17.2 Å². The summed E-state index contributed by atoms with van der Waals surface area (Å²) in [4.78, 5) is 11.6. The number of carboxylic acids is 1. The predicted octanol–water partition coefficient (Wildman–Crippen LogP) is 5.21. The van der Waals surface area contributed by atoms with E-state index >= 15 is 0 Å². The summed E-state index contributed by atoms with van der Waals surface area (Å²) >= 11 is 0. The van der Waals surface area contributed by atoms with Crippen LogP contribution in [0.3, 0.4) is 0 Å². The quantitative estimate of drug-likeness (QED) is 0.182. The van der Waals surface area contributed by atoms with Crippen LogP contribution in [0.1, 0.15) is 125 Å². The lowest BCUT2D eigenvalue weighted by Crippen LogP contribution is -2.60. The minimum Gasteiger partial charge on any atom is -0.479 e.